The van der Waals surface area contributed by atoms with Gasteiger partial charge >= 0.3 is 0 Å². The van der Waals surface area contributed by atoms with Crippen molar-refractivity contribution in [3.8, 4) is 5.75 Å². The van der Waals surface area contributed by atoms with E-state index in [1.54, 1.807) is 13.2 Å². The van der Waals surface area contributed by atoms with E-state index in [0.29, 0.717) is 17.2 Å². The lowest BCUT2D eigenvalue weighted by molar-refractivity contribution is -0.122. The number of thioether (sulfide) groups is 1. The lowest BCUT2D eigenvalue weighted by Gasteiger charge is -2.11. The maximum atomic E-state index is 12.4. The minimum Gasteiger partial charge on any atom is -0.496 e. The van der Waals surface area contributed by atoms with Gasteiger partial charge in [-0.2, -0.15) is 0 Å². The molecule has 0 atom stereocenters. The number of methoxy groups -OCH3 is 1. The molecular weight excluding hydrogens is 310 g/mol. The van der Waals surface area contributed by atoms with Crippen molar-refractivity contribution in [3.63, 3.8) is 0 Å². The van der Waals surface area contributed by atoms with Gasteiger partial charge < -0.3 is 4.74 Å². The smallest absolute Gasteiger partial charge is 0.293 e. The van der Waals surface area contributed by atoms with Crippen molar-refractivity contribution >= 4 is 39.8 Å². The molecule has 0 aliphatic carbocycles. The van der Waals surface area contributed by atoms with Crippen LogP contribution in [-0.4, -0.2) is 29.7 Å². The fourth-order valence-electron chi connectivity index (χ4n) is 2.65. The van der Waals surface area contributed by atoms with Crippen molar-refractivity contribution in [2.45, 2.75) is 13.3 Å². The van der Waals surface area contributed by atoms with E-state index in [-0.39, 0.29) is 11.1 Å². The Hall–Kier alpha value is -2.27. The minimum absolute atomic E-state index is 0.206. The highest BCUT2D eigenvalue weighted by Crippen LogP contribution is 2.36. The summed E-state index contributed by atoms with van der Waals surface area (Å²) in [5.74, 6) is 0.461. The van der Waals surface area contributed by atoms with Crippen molar-refractivity contribution in [2.24, 2.45) is 0 Å². The Labute approximate surface area is 139 Å². The predicted molar refractivity (Wildman–Crippen MR) is 93.5 cm³/mol. The lowest BCUT2D eigenvalue weighted by atomic mass is 10.0. The number of hydrogen-bond donors (Lipinski definition) is 0. The Kier molecular flexibility index (Phi) is 4.39. The van der Waals surface area contributed by atoms with Crippen LogP contribution in [-0.2, 0) is 4.79 Å². The summed E-state index contributed by atoms with van der Waals surface area (Å²) >= 11 is 0.987. The molecular formula is C18H17NO3S. The average Bonchev–Trinajstić information content (AvgIpc) is 2.83. The van der Waals surface area contributed by atoms with Crippen LogP contribution in [0.3, 0.4) is 0 Å². The van der Waals surface area contributed by atoms with Gasteiger partial charge in [0.15, 0.2) is 0 Å². The van der Waals surface area contributed by atoms with E-state index in [9.17, 15) is 9.59 Å². The Bertz CT molecular complexity index is 813. The van der Waals surface area contributed by atoms with Crippen LogP contribution >= 0.6 is 11.8 Å². The van der Waals surface area contributed by atoms with E-state index < -0.39 is 0 Å². The molecule has 0 aromatic heterocycles. The Morgan fingerprint density at radius 3 is 2.70 bits per heavy atom. The van der Waals surface area contributed by atoms with E-state index in [4.69, 9.17) is 4.74 Å². The van der Waals surface area contributed by atoms with Gasteiger partial charge in [-0.25, -0.2) is 0 Å². The largest absolute Gasteiger partial charge is 0.496 e. The fourth-order valence-corrected chi connectivity index (χ4v) is 3.50. The summed E-state index contributed by atoms with van der Waals surface area (Å²) in [6.45, 7) is 2.40. The third kappa shape index (κ3) is 2.84. The monoisotopic (exact) mass is 327 g/mol. The first-order valence-electron chi connectivity index (χ1n) is 7.46. The Balaban J connectivity index is 2.10. The Morgan fingerprint density at radius 2 is 1.96 bits per heavy atom. The molecule has 0 spiro atoms. The molecule has 1 saturated heterocycles. The number of rotatable bonds is 4. The molecule has 4 nitrogen and oxygen atoms in total. The van der Waals surface area contributed by atoms with Gasteiger partial charge in [-0.15, -0.1) is 0 Å². The summed E-state index contributed by atoms with van der Waals surface area (Å²) in [7, 11) is 1.60. The van der Waals surface area contributed by atoms with Gasteiger partial charge in [0, 0.05) is 12.1 Å². The zero-order valence-electron chi connectivity index (χ0n) is 13.0. The molecule has 23 heavy (non-hydrogen) atoms. The van der Waals surface area contributed by atoms with Gasteiger partial charge in [0.25, 0.3) is 11.1 Å². The number of hydrogen-bond acceptors (Lipinski definition) is 4. The third-order valence-corrected chi connectivity index (χ3v) is 4.65. The molecule has 0 bridgehead atoms. The number of carbonyl (C=O) groups excluding carboxylic acids is 2. The molecule has 3 rings (SSSR count). The molecule has 1 aliphatic rings. The summed E-state index contributed by atoms with van der Waals surface area (Å²) in [4.78, 5) is 26.2. The first kappa shape index (κ1) is 15.6. The quantitative estimate of drug-likeness (QED) is 0.786. The van der Waals surface area contributed by atoms with Gasteiger partial charge in [0.05, 0.1) is 12.0 Å². The summed E-state index contributed by atoms with van der Waals surface area (Å²) < 4.78 is 5.44. The first-order valence-corrected chi connectivity index (χ1v) is 8.28. The van der Waals surface area contributed by atoms with Crippen LogP contribution in [0.25, 0.3) is 16.8 Å². The van der Waals surface area contributed by atoms with Crippen LogP contribution in [0, 0.1) is 0 Å². The third-order valence-electron chi connectivity index (χ3n) is 3.75. The van der Waals surface area contributed by atoms with Gasteiger partial charge in [0.2, 0.25) is 0 Å². The summed E-state index contributed by atoms with van der Waals surface area (Å²) in [6.07, 6.45) is 2.52. The molecule has 2 amide bonds. The molecule has 0 unspecified atom stereocenters. The molecule has 0 radical (unpaired) electrons. The fraction of sp³-hybridized carbons (Fsp3) is 0.222. The maximum Gasteiger partial charge on any atom is 0.293 e. The second-order valence-corrected chi connectivity index (χ2v) is 6.23. The molecule has 118 valence electrons. The standard InChI is InChI=1S/C18H17NO3S/c1-3-10-19-17(20)16(23-18(19)21)11-14-13-7-5-4-6-12(13)8-9-15(14)22-2/h4-9,11H,3,10H2,1-2H3/b16-11-. The van der Waals surface area contributed by atoms with Crippen molar-refractivity contribution in [1.29, 1.82) is 0 Å². The molecule has 2 aromatic rings. The normalized spacial score (nSPS) is 16.6. The number of fused-ring (bicyclic) bond motifs is 1. The molecule has 1 heterocycles. The average molecular weight is 327 g/mol. The Morgan fingerprint density at radius 1 is 1.17 bits per heavy atom. The number of carbonyl (C=O) groups is 2. The SMILES string of the molecule is CCCN1C(=O)S/C(=C\c2c(OC)ccc3ccccc23)C1=O. The van der Waals surface area contributed by atoms with Crippen LogP contribution in [0.5, 0.6) is 5.75 Å². The van der Waals surface area contributed by atoms with Crippen LogP contribution in [0.15, 0.2) is 41.3 Å². The molecule has 5 heteroatoms. The molecule has 1 aliphatic heterocycles. The van der Waals surface area contributed by atoms with Gasteiger partial charge in [-0.3, -0.25) is 14.5 Å². The van der Waals surface area contributed by atoms with Crippen LogP contribution in [0.2, 0.25) is 0 Å². The molecule has 1 fully saturated rings. The van der Waals surface area contributed by atoms with Crippen LogP contribution < -0.4 is 4.74 Å². The highest BCUT2D eigenvalue weighted by atomic mass is 32.2. The van der Waals surface area contributed by atoms with Gasteiger partial charge in [0.1, 0.15) is 5.75 Å². The highest BCUT2D eigenvalue weighted by Gasteiger charge is 2.34. The van der Waals surface area contributed by atoms with Gasteiger partial charge in [-0.05, 0) is 41.1 Å². The number of ether oxygens (including phenoxy) is 1. The highest BCUT2D eigenvalue weighted by molar-refractivity contribution is 8.18. The molecule has 0 N–H and O–H groups in total. The second kappa shape index (κ2) is 6.46. The zero-order valence-corrected chi connectivity index (χ0v) is 13.9. The van der Waals surface area contributed by atoms with E-state index in [0.717, 1.165) is 34.5 Å². The summed E-state index contributed by atoms with van der Waals surface area (Å²) in [5, 5.41) is 1.85. The van der Waals surface area contributed by atoms with Crippen molar-refractivity contribution < 1.29 is 14.3 Å². The molecule has 0 saturated carbocycles. The number of imide groups is 1. The van der Waals surface area contributed by atoms with Crippen molar-refractivity contribution in [2.75, 3.05) is 13.7 Å². The number of nitrogens with zero attached hydrogens (tertiary/aromatic N) is 1. The predicted octanol–water partition coefficient (Wildman–Crippen LogP) is 4.29. The number of amides is 2. The maximum absolute atomic E-state index is 12.4. The summed E-state index contributed by atoms with van der Waals surface area (Å²) in [5.41, 5.74) is 0.826. The first-order chi connectivity index (χ1) is 11.2. The van der Waals surface area contributed by atoms with Crippen molar-refractivity contribution in [3.05, 3.63) is 46.9 Å². The lowest BCUT2D eigenvalue weighted by Crippen LogP contribution is -2.28. The van der Waals surface area contributed by atoms with E-state index in [1.165, 1.54) is 4.90 Å². The molecule has 2 aromatic carbocycles. The van der Waals surface area contributed by atoms with Crippen LogP contribution in [0.1, 0.15) is 18.9 Å². The summed E-state index contributed by atoms with van der Waals surface area (Å²) in [6, 6.07) is 11.8. The topological polar surface area (TPSA) is 46.6 Å². The zero-order chi connectivity index (χ0) is 16.4. The number of benzene rings is 2. The van der Waals surface area contributed by atoms with Gasteiger partial charge in [-0.1, -0.05) is 37.3 Å². The second-order valence-electron chi connectivity index (χ2n) is 5.24. The minimum atomic E-state index is -0.225. The van der Waals surface area contributed by atoms with Crippen LogP contribution in [0.4, 0.5) is 4.79 Å². The van der Waals surface area contributed by atoms with E-state index in [2.05, 4.69) is 0 Å². The van der Waals surface area contributed by atoms with E-state index >= 15 is 0 Å². The van der Waals surface area contributed by atoms with Crippen molar-refractivity contribution in [1.82, 2.24) is 4.90 Å². The van der Waals surface area contributed by atoms with E-state index in [1.807, 2.05) is 43.3 Å².